The van der Waals surface area contributed by atoms with Gasteiger partial charge < -0.3 is 10.6 Å². The van der Waals surface area contributed by atoms with Crippen LogP contribution in [0.1, 0.15) is 22.3 Å². The van der Waals surface area contributed by atoms with Crippen molar-refractivity contribution >= 4 is 51.6 Å². The average Bonchev–Trinajstić information content (AvgIpc) is 3.11. The van der Waals surface area contributed by atoms with E-state index in [1.807, 2.05) is 66.7 Å². The van der Waals surface area contributed by atoms with Crippen molar-refractivity contribution in [3.05, 3.63) is 88.8 Å². The van der Waals surface area contributed by atoms with Gasteiger partial charge in [-0.25, -0.2) is 0 Å². The fraction of sp³-hybridized carbons (Fsp3) is 0.154. The second kappa shape index (κ2) is 10.8. The van der Waals surface area contributed by atoms with E-state index < -0.39 is 0 Å². The minimum absolute atomic E-state index is 0.0893. The Morgan fingerprint density at radius 2 is 1.59 bits per heavy atom. The van der Waals surface area contributed by atoms with Crippen LogP contribution in [0.5, 0.6) is 0 Å². The Bertz CT molecular complexity index is 1270. The third-order valence-corrected chi connectivity index (χ3v) is 6.19. The fourth-order valence-corrected chi connectivity index (χ4v) is 4.38. The number of carbonyl (C=O) groups excluding carboxylic acids is 4. The highest BCUT2D eigenvalue weighted by Gasteiger charge is 2.34. The summed E-state index contributed by atoms with van der Waals surface area (Å²) >= 11 is 0.889. The third-order valence-electron chi connectivity index (χ3n) is 5.28. The van der Waals surface area contributed by atoms with Gasteiger partial charge in [-0.3, -0.25) is 24.1 Å². The number of amides is 4. The Morgan fingerprint density at radius 1 is 0.853 bits per heavy atom. The van der Waals surface area contributed by atoms with E-state index in [1.54, 1.807) is 12.1 Å². The SMILES string of the molecule is O=C(CCNC(=O)c1ccc2ccccc2c1)NCCN1C(=O)S/C(=C\c2ccccc2)C1=O. The van der Waals surface area contributed by atoms with Crippen LogP contribution in [0, 0.1) is 0 Å². The van der Waals surface area contributed by atoms with Crippen molar-refractivity contribution in [2.45, 2.75) is 6.42 Å². The third kappa shape index (κ3) is 5.71. The van der Waals surface area contributed by atoms with Gasteiger partial charge in [0.25, 0.3) is 17.1 Å². The van der Waals surface area contributed by atoms with E-state index in [2.05, 4.69) is 10.6 Å². The van der Waals surface area contributed by atoms with Crippen LogP contribution in [0.25, 0.3) is 16.8 Å². The van der Waals surface area contributed by atoms with Gasteiger partial charge in [0.05, 0.1) is 4.91 Å². The van der Waals surface area contributed by atoms with Gasteiger partial charge in [-0.2, -0.15) is 0 Å². The van der Waals surface area contributed by atoms with E-state index in [9.17, 15) is 19.2 Å². The molecule has 7 nitrogen and oxygen atoms in total. The number of hydrogen-bond acceptors (Lipinski definition) is 5. The number of nitrogens with zero attached hydrogens (tertiary/aromatic N) is 1. The van der Waals surface area contributed by atoms with Crippen molar-refractivity contribution in [3.63, 3.8) is 0 Å². The van der Waals surface area contributed by atoms with Crippen molar-refractivity contribution in [2.75, 3.05) is 19.6 Å². The number of rotatable bonds is 8. The first kappa shape index (κ1) is 23.3. The van der Waals surface area contributed by atoms with Crippen LogP contribution in [-0.2, 0) is 9.59 Å². The number of imide groups is 1. The summed E-state index contributed by atoms with van der Waals surface area (Å²) in [5.74, 6) is -0.886. The second-order valence-electron chi connectivity index (χ2n) is 7.66. The van der Waals surface area contributed by atoms with Gasteiger partial charge in [0, 0.05) is 31.6 Å². The Hall–Kier alpha value is -3.91. The molecule has 0 bridgehead atoms. The molecule has 1 heterocycles. The standard InChI is InChI=1S/C26H23N3O4S/c30-23(12-13-28-24(31)21-11-10-19-8-4-5-9-20(19)17-21)27-14-15-29-25(32)22(34-26(29)33)16-18-6-2-1-3-7-18/h1-11,16-17H,12-15H2,(H,27,30)(H,28,31)/b22-16-. The van der Waals surface area contributed by atoms with Crippen molar-refractivity contribution in [1.29, 1.82) is 0 Å². The summed E-state index contributed by atoms with van der Waals surface area (Å²) in [7, 11) is 0. The zero-order valence-electron chi connectivity index (χ0n) is 18.3. The molecular formula is C26H23N3O4S. The van der Waals surface area contributed by atoms with Crippen LogP contribution in [0.15, 0.2) is 77.7 Å². The van der Waals surface area contributed by atoms with Crippen LogP contribution in [0.3, 0.4) is 0 Å². The topological polar surface area (TPSA) is 95.6 Å². The highest BCUT2D eigenvalue weighted by atomic mass is 32.2. The summed E-state index contributed by atoms with van der Waals surface area (Å²) in [6.45, 7) is 0.416. The van der Waals surface area contributed by atoms with E-state index in [1.165, 1.54) is 0 Å². The lowest BCUT2D eigenvalue weighted by atomic mass is 10.1. The quantitative estimate of drug-likeness (QED) is 0.485. The molecule has 0 spiro atoms. The van der Waals surface area contributed by atoms with Crippen LogP contribution in [0.4, 0.5) is 4.79 Å². The molecule has 1 fully saturated rings. The van der Waals surface area contributed by atoms with Gasteiger partial charge in [0.15, 0.2) is 0 Å². The van der Waals surface area contributed by atoms with Crippen LogP contribution in [0.2, 0.25) is 0 Å². The molecule has 0 radical (unpaired) electrons. The first-order valence-corrected chi connectivity index (χ1v) is 11.7. The highest BCUT2D eigenvalue weighted by Crippen LogP contribution is 2.31. The molecule has 1 aliphatic rings. The van der Waals surface area contributed by atoms with E-state index >= 15 is 0 Å². The van der Waals surface area contributed by atoms with Gasteiger partial charge in [0.1, 0.15) is 0 Å². The van der Waals surface area contributed by atoms with Gasteiger partial charge in [-0.15, -0.1) is 0 Å². The first-order valence-electron chi connectivity index (χ1n) is 10.9. The zero-order chi connectivity index (χ0) is 23.9. The number of nitrogens with one attached hydrogen (secondary N) is 2. The van der Waals surface area contributed by atoms with Crippen molar-refractivity contribution < 1.29 is 19.2 Å². The summed E-state index contributed by atoms with van der Waals surface area (Å²) in [4.78, 5) is 50.7. The number of carbonyl (C=O) groups is 4. The molecule has 0 atom stereocenters. The van der Waals surface area contributed by atoms with Crippen LogP contribution < -0.4 is 10.6 Å². The van der Waals surface area contributed by atoms with Gasteiger partial charge in [-0.05, 0) is 46.3 Å². The van der Waals surface area contributed by atoms with E-state index in [0.717, 1.165) is 33.0 Å². The smallest absolute Gasteiger partial charge is 0.293 e. The second-order valence-corrected chi connectivity index (χ2v) is 8.66. The molecule has 0 aliphatic carbocycles. The minimum Gasteiger partial charge on any atom is -0.354 e. The van der Waals surface area contributed by atoms with Crippen molar-refractivity contribution in [3.8, 4) is 0 Å². The predicted octanol–water partition coefficient (Wildman–Crippen LogP) is 3.81. The fourth-order valence-electron chi connectivity index (χ4n) is 3.51. The van der Waals surface area contributed by atoms with Gasteiger partial charge in [-0.1, -0.05) is 60.7 Å². The molecule has 1 saturated heterocycles. The Morgan fingerprint density at radius 3 is 2.38 bits per heavy atom. The molecule has 0 aromatic heterocycles. The maximum absolute atomic E-state index is 12.5. The largest absolute Gasteiger partial charge is 0.354 e. The summed E-state index contributed by atoms with van der Waals surface area (Å²) in [6, 6.07) is 22.5. The molecular weight excluding hydrogens is 450 g/mol. The van der Waals surface area contributed by atoms with E-state index in [-0.39, 0.29) is 49.0 Å². The maximum atomic E-state index is 12.5. The lowest BCUT2D eigenvalue weighted by Crippen LogP contribution is -2.38. The molecule has 4 amide bonds. The number of thioether (sulfide) groups is 1. The number of hydrogen-bond donors (Lipinski definition) is 2. The van der Waals surface area contributed by atoms with Crippen LogP contribution in [-0.4, -0.2) is 47.5 Å². The normalized spacial score (nSPS) is 14.6. The highest BCUT2D eigenvalue weighted by molar-refractivity contribution is 8.18. The summed E-state index contributed by atoms with van der Waals surface area (Å²) in [5, 5.41) is 7.09. The van der Waals surface area contributed by atoms with Crippen molar-refractivity contribution in [2.24, 2.45) is 0 Å². The minimum atomic E-state index is -0.365. The number of benzene rings is 3. The van der Waals surface area contributed by atoms with Crippen LogP contribution >= 0.6 is 11.8 Å². The lowest BCUT2D eigenvalue weighted by Gasteiger charge is -2.13. The Kier molecular flexibility index (Phi) is 7.39. The molecule has 8 heteroatoms. The monoisotopic (exact) mass is 473 g/mol. The molecule has 4 rings (SSSR count). The lowest BCUT2D eigenvalue weighted by molar-refractivity contribution is -0.124. The molecule has 2 N–H and O–H groups in total. The molecule has 3 aromatic carbocycles. The average molecular weight is 474 g/mol. The maximum Gasteiger partial charge on any atom is 0.293 e. The summed E-state index contributed by atoms with van der Waals surface area (Å²) in [6.07, 6.45) is 1.77. The molecule has 0 saturated carbocycles. The summed E-state index contributed by atoms with van der Waals surface area (Å²) in [5.41, 5.74) is 1.37. The van der Waals surface area contributed by atoms with Crippen molar-refractivity contribution in [1.82, 2.24) is 15.5 Å². The van der Waals surface area contributed by atoms with Gasteiger partial charge >= 0.3 is 0 Å². The Balaban J connectivity index is 1.20. The first-order chi connectivity index (χ1) is 16.5. The predicted molar refractivity (Wildman–Crippen MR) is 133 cm³/mol. The Labute approximate surface area is 201 Å². The number of fused-ring (bicyclic) bond motifs is 1. The molecule has 1 aliphatic heterocycles. The summed E-state index contributed by atoms with van der Waals surface area (Å²) < 4.78 is 0. The molecule has 172 valence electrons. The molecule has 3 aromatic rings. The zero-order valence-corrected chi connectivity index (χ0v) is 19.1. The van der Waals surface area contributed by atoms with E-state index in [4.69, 9.17) is 0 Å². The van der Waals surface area contributed by atoms with Gasteiger partial charge in [0.2, 0.25) is 5.91 Å². The van der Waals surface area contributed by atoms with E-state index in [0.29, 0.717) is 10.5 Å². The molecule has 0 unspecified atom stereocenters. The molecule has 34 heavy (non-hydrogen) atoms.